The van der Waals surface area contributed by atoms with Gasteiger partial charge in [-0.15, -0.1) is 10.2 Å². The Morgan fingerprint density at radius 2 is 2.17 bits per heavy atom. The largest absolute Gasteiger partial charge is 0.425 e. The van der Waals surface area contributed by atoms with Gasteiger partial charge in [0.2, 0.25) is 17.7 Å². The Hall–Kier alpha value is -1.39. The van der Waals surface area contributed by atoms with Gasteiger partial charge in [0.25, 0.3) is 0 Å². The summed E-state index contributed by atoms with van der Waals surface area (Å²) in [5, 5.41) is 7.32. The van der Waals surface area contributed by atoms with E-state index in [-0.39, 0.29) is 12.3 Å². The lowest BCUT2D eigenvalue weighted by Crippen LogP contribution is -2.23. The molecule has 66 valence electrons. The third-order valence-corrected chi connectivity index (χ3v) is 1.37. The fourth-order valence-electron chi connectivity index (χ4n) is 0.696. The predicted molar refractivity (Wildman–Crippen MR) is 41.4 cm³/mol. The van der Waals surface area contributed by atoms with Crippen LogP contribution in [0.15, 0.2) is 4.42 Å². The quantitative estimate of drug-likeness (QED) is 0.625. The molecule has 0 saturated heterocycles. The van der Waals surface area contributed by atoms with Crippen LogP contribution >= 0.6 is 0 Å². The zero-order valence-electron chi connectivity index (χ0n) is 7.37. The van der Waals surface area contributed by atoms with Crippen LogP contribution in [0, 0.1) is 6.92 Å². The van der Waals surface area contributed by atoms with Gasteiger partial charge >= 0.3 is 0 Å². The molecule has 5 nitrogen and oxygen atoms in total. The highest BCUT2D eigenvalue weighted by molar-refractivity contribution is 5.77. The van der Waals surface area contributed by atoms with Crippen LogP contribution in [0.3, 0.4) is 0 Å². The molecular weight excluding hydrogens is 158 g/mol. The highest BCUT2D eigenvalue weighted by Crippen LogP contribution is 1.99. The first kappa shape index (κ1) is 8.70. The fourth-order valence-corrected chi connectivity index (χ4v) is 0.696. The number of aryl methyl sites for hydroxylation is 1. The van der Waals surface area contributed by atoms with Crippen LogP contribution < -0.4 is 0 Å². The van der Waals surface area contributed by atoms with Gasteiger partial charge in [-0.05, 0) is 0 Å². The molecule has 0 spiro atoms. The van der Waals surface area contributed by atoms with Gasteiger partial charge in [-0.2, -0.15) is 0 Å². The Labute approximate surface area is 70.4 Å². The molecule has 0 fully saturated rings. The van der Waals surface area contributed by atoms with Crippen LogP contribution in [-0.2, 0) is 11.2 Å². The zero-order valence-corrected chi connectivity index (χ0v) is 7.37. The van der Waals surface area contributed by atoms with Crippen molar-refractivity contribution >= 4 is 5.91 Å². The Morgan fingerprint density at radius 3 is 2.58 bits per heavy atom. The van der Waals surface area contributed by atoms with Crippen molar-refractivity contribution in [2.75, 3.05) is 14.1 Å². The number of nitrogens with zero attached hydrogens (tertiary/aromatic N) is 3. The molecule has 0 atom stereocenters. The van der Waals surface area contributed by atoms with Gasteiger partial charge in [0.1, 0.15) is 6.42 Å². The van der Waals surface area contributed by atoms with Gasteiger partial charge in [0.05, 0.1) is 0 Å². The Bertz CT molecular complexity index is 280. The minimum atomic E-state index is -0.0429. The smallest absolute Gasteiger partial charge is 0.231 e. The lowest BCUT2D eigenvalue weighted by molar-refractivity contribution is -0.128. The maximum absolute atomic E-state index is 11.1. The van der Waals surface area contributed by atoms with Gasteiger partial charge < -0.3 is 9.32 Å². The molecular formula is C7H11N3O2. The van der Waals surface area contributed by atoms with Crippen molar-refractivity contribution in [1.82, 2.24) is 15.1 Å². The summed E-state index contributed by atoms with van der Waals surface area (Å²) >= 11 is 0. The predicted octanol–water partition coefficient (Wildman–Crippen LogP) is 0.00872. The number of carbonyl (C=O) groups is 1. The normalized spacial score (nSPS) is 9.92. The number of rotatable bonds is 2. The minimum absolute atomic E-state index is 0.0429. The van der Waals surface area contributed by atoms with E-state index < -0.39 is 0 Å². The Morgan fingerprint density at radius 1 is 1.50 bits per heavy atom. The molecule has 0 unspecified atom stereocenters. The van der Waals surface area contributed by atoms with Crippen LogP contribution in [0.1, 0.15) is 11.8 Å². The molecule has 0 aromatic carbocycles. The second kappa shape index (κ2) is 3.34. The maximum atomic E-state index is 11.1. The number of carbonyl (C=O) groups excluding carboxylic acids is 1. The summed E-state index contributed by atoms with van der Waals surface area (Å²) < 4.78 is 5.03. The van der Waals surface area contributed by atoms with E-state index in [4.69, 9.17) is 4.42 Å². The maximum Gasteiger partial charge on any atom is 0.231 e. The molecule has 0 N–H and O–H groups in total. The molecule has 0 saturated carbocycles. The van der Waals surface area contributed by atoms with Crippen LogP contribution in [-0.4, -0.2) is 35.1 Å². The Kier molecular flexibility index (Phi) is 2.42. The molecule has 1 amide bonds. The monoisotopic (exact) mass is 169 g/mol. The summed E-state index contributed by atoms with van der Waals surface area (Å²) in [5.74, 6) is 0.807. The first-order valence-corrected chi connectivity index (χ1v) is 3.58. The summed E-state index contributed by atoms with van der Waals surface area (Å²) in [6.45, 7) is 1.69. The van der Waals surface area contributed by atoms with Crippen molar-refractivity contribution in [3.05, 3.63) is 11.8 Å². The first-order valence-electron chi connectivity index (χ1n) is 3.58. The number of hydrogen-bond acceptors (Lipinski definition) is 4. The average Bonchev–Trinajstić information content (AvgIpc) is 2.35. The highest BCUT2D eigenvalue weighted by Gasteiger charge is 2.10. The van der Waals surface area contributed by atoms with Crippen molar-refractivity contribution in [3.63, 3.8) is 0 Å². The molecule has 1 heterocycles. The molecule has 5 heteroatoms. The van der Waals surface area contributed by atoms with E-state index in [1.807, 2.05) is 0 Å². The van der Waals surface area contributed by atoms with Crippen molar-refractivity contribution in [2.24, 2.45) is 0 Å². The number of amides is 1. The fraction of sp³-hybridized carbons (Fsp3) is 0.571. The second-order valence-corrected chi connectivity index (χ2v) is 2.68. The summed E-state index contributed by atoms with van der Waals surface area (Å²) in [6.07, 6.45) is 0.174. The number of likely N-dealkylation sites (N-methyl/N-ethyl adjacent to an activating group) is 1. The van der Waals surface area contributed by atoms with Crippen LogP contribution in [0.25, 0.3) is 0 Å². The lowest BCUT2D eigenvalue weighted by atomic mass is 10.4. The van der Waals surface area contributed by atoms with Crippen LogP contribution in [0.2, 0.25) is 0 Å². The second-order valence-electron chi connectivity index (χ2n) is 2.68. The molecule has 0 bridgehead atoms. The summed E-state index contributed by atoms with van der Waals surface area (Å²) in [5.41, 5.74) is 0. The molecule has 1 aromatic heterocycles. The molecule has 12 heavy (non-hydrogen) atoms. The summed E-state index contributed by atoms with van der Waals surface area (Å²) in [4.78, 5) is 12.6. The van der Waals surface area contributed by atoms with Crippen molar-refractivity contribution < 1.29 is 9.21 Å². The van der Waals surface area contributed by atoms with E-state index in [9.17, 15) is 4.79 Å². The average molecular weight is 169 g/mol. The summed E-state index contributed by atoms with van der Waals surface area (Å²) in [6, 6.07) is 0. The zero-order chi connectivity index (χ0) is 9.14. The third-order valence-electron chi connectivity index (χ3n) is 1.37. The lowest BCUT2D eigenvalue weighted by Gasteiger charge is -2.06. The SMILES string of the molecule is Cc1nnc(CC(=O)N(C)C)o1. The Balaban J connectivity index is 2.58. The van der Waals surface area contributed by atoms with E-state index in [2.05, 4.69) is 10.2 Å². The third kappa shape index (κ3) is 2.05. The van der Waals surface area contributed by atoms with Crippen molar-refractivity contribution in [2.45, 2.75) is 13.3 Å². The molecule has 0 aliphatic carbocycles. The molecule has 1 aromatic rings. The van der Waals surface area contributed by atoms with Gasteiger partial charge in [0.15, 0.2) is 0 Å². The summed E-state index contributed by atoms with van der Waals surface area (Å²) in [7, 11) is 3.37. The number of aromatic nitrogens is 2. The highest BCUT2D eigenvalue weighted by atomic mass is 16.4. The van der Waals surface area contributed by atoms with E-state index >= 15 is 0 Å². The van der Waals surface area contributed by atoms with Crippen LogP contribution in [0.4, 0.5) is 0 Å². The van der Waals surface area contributed by atoms with Crippen molar-refractivity contribution in [3.8, 4) is 0 Å². The minimum Gasteiger partial charge on any atom is -0.425 e. The molecule has 0 aliphatic heterocycles. The van der Waals surface area contributed by atoms with E-state index in [1.165, 1.54) is 4.90 Å². The van der Waals surface area contributed by atoms with E-state index in [0.717, 1.165) is 0 Å². The van der Waals surface area contributed by atoms with Gasteiger partial charge in [-0.25, -0.2) is 0 Å². The molecule has 1 rings (SSSR count). The van der Waals surface area contributed by atoms with Gasteiger partial charge in [0, 0.05) is 21.0 Å². The van der Waals surface area contributed by atoms with Crippen molar-refractivity contribution in [1.29, 1.82) is 0 Å². The van der Waals surface area contributed by atoms with Gasteiger partial charge in [-0.3, -0.25) is 4.79 Å². The number of hydrogen-bond donors (Lipinski definition) is 0. The topological polar surface area (TPSA) is 59.2 Å². The van der Waals surface area contributed by atoms with E-state index in [0.29, 0.717) is 11.8 Å². The van der Waals surface area contributed by atoms with Gasteiger partial charge in [-0.1, -0.05) is 0 Å². The first-order chi connectivity index (χ1) is 5.59. The molecule has 0 radical (unpaired) electrons. The molecule has 0 aliphatic rings. The van der Waals surface area contributed by atoms with E-state index in [1.54, 1.807) is 21.0 Å². The van der Waals surface area contributed by atoms with Crippen LogP contribution in [0.5, 0.6) is 0 Å². The standard InChI is InChI=1S/C7H11N3O2/c1-5-8-9-6(12-5)4-7(11)10(2)3/h4H2,1-3H3.